The predicted molar refractivity (Wildman–Crippen MR) is 93.0 cm³/mol. The number of para-hydroxylation sites is 2. The number of carbonyl (C=O) groups is 2. The molecule has 0 radical (unpaired) electrons. The molecule has 1 heterocycles. The van der Waals surface area contributed by atoms with Crippen molar-refractivity contribution in [2.75, 3.05) is 31.0 Å². The number of methoxy groups -OCH3 is 1. The first-order valence-electron chi connectivity index (χ1n) is 8.23. The molecule has 2 aliphatic rings. The highest BCUT2D eigenvalue weighted by atomic mass is 32.2. The lowest BCUT2D eigenvalue weighted by Crippen LogP contribution is -2.39. The van der Waals surface area contributed by atoms with Crippen molar-refractivity contribution in [3.8, 4) is 5.75 Å². The zero-order chi connectivity index (χ0) is 18.2. The first-order chi connectivity index (χ1) is 11.8. The van der Waals surface area contributed by atoms with E-state index in [-0.39, 0.29) is 41.2 Å². The molecule has 0 bridgehead atoms. The Morgan fingerprint density at radius 3 is 2.60 bits per heavy atom. The molecule has 1 N–H and O–H groups in total. The second-order valence-corrected chi connectivity index (χ2v) is 8.87. The molecule has 3 atom stereocenters. The van der Waals surface area contributed by atoms with E-state index in [0.717, 1.165) is 0 Å². The molecule has 1 aliphatic carbocycles. The summed E-state index contributed by atoms with van der Waals surface area (Å²) in [7, 11) is 0.109. The highest BCUT2D eigenvalue weighted by Gasteiger charge is 2.50. The van der Waals surface area contributed by atoms with Crippen LogP contribution in [0.1, 0.15) is 12.8 Å². The highest BCUT2D eigenvalue weighted by molar-refractivity contribution is 7.91. The summed E-state index contributed by atoms with van der Waals surface area (Å²) < 4.78 is 28.4. The molecule has 7 nitrogen and oxygen atoms in total. The monoisotopic (exact) mass is 366 g/mol. The molecule has 25 heavy (non-hydrogen) atoms. The summed E-state index contributed by atoms with van der Waals surface area (Å²) in [5.74, 6) is -0.413. The maximum absolute atomic E-state index is 12.5. The van der Waals surface area contributed by atoms with Crippen molar-refractivity contribution < 1.29 is 22.7 Å². The molecule has 0 spiro atoms. The van der Waals surface area contributed by atoms with Crippen LogP contribution in [0.3, 0.4) is 0 Å². The molecule has 2 amide bonds. The van der Waals surface area contributed by atoms with Crippen LogP contribution in [-0.4, -0.2) is 56.8 Å². The van der Waals surface area contributed by atoms with E-state index in [1.54, 1.807) is 25.2 Å². The van der Waals surface area contributed by atoms with Crippen molar-refractivity contribution in [3.05, 3.63) is 24.3 Å². The Bertz CT molecular complexity index is 792. The standard InChI is InChI=1S/C17H22N2O5S/c1-19(11-7-8-25(22,23)10-11)17(21)13-9-12(13)16(20)18-14-5-3-4-6-15(14)24-2/h3-6,11-13H,7-10H2,1-2H3,(H,18,20). The number of amides is 2. The van der Waals surface area contributed by atoms with Crippen LogP contribution in [0, 0.1) is 11.8 Å². The van der Waals surface area contributed by atoms with E-state index in [2.05, 4.69) is 5.32 Å². The number of hydrogen-bond donors (Lipinski definition) is 1. The van der Waals surface area contributed by atoms with Crippen LogP contribution in [0.2, 0.25) is 0 Å². The van der Waals surface area contributed by atoms with Crippen LogP contribution in [0.4, 0.5) is 5.69 Å². The molecular formula is C17H22N2O5S. The van der Waals surface area contributed by atoms with Gasteiger partial charge in [-0.1, -0.05) is 12.1 Å². The van der Waals surface area contributed by atoms with Crippen molar-refractivity contribution in [2.45, 2.75) is 18.9 Å². The number of rotatable bonds is 5. The lowest BCUT2D eigenvalue weighted by Gasteiger charge is -2.23. The van der Waals surface area contributed by atoms with Gasteiger partial charge in [-0.2, -0.15) is 0 Å². The Morgan fingerprint density at radius 1 is 1.24 bits per heavy atom. The van der Waals surface area contributed by atoms with E-state index in [0.29, 0.717) is 24.3 Å². The second kappa shape index (κ2) is 6.67. The summed E-state index contributed by atoms with van der Waals surface area (Å²) >= 11 is 0. The lowest BCUT2D eigenvalue weighted by molar-refractivity contribution is -0.134. The fraction of sp³-hybridized carbons (Fsp3) is 0.529. The Kier molecular flexibility index (Phi) is 4.73. The third-order valence-corrected chi connectivity index (χ3v) is 6.66. The fourth-order valence-electron chi connectivity index (χ4n) is 3.25. The zero-order valence-electron chi connectivity index (χ0n) is 14.3. The van der Waals surface area contributed by atoms with Gasteiger partial charge in [0.2, 0.25) is 11.8 Å². The topological polar surface area (TPSA) is 92.8 Å². The summed E-state index contributed by atoms with van der Waals surface area (Å²) in [6.07, 6.45) is 0.957. The van der Waals surface area contributed by atoms with Crippen molar-refractivity contribution in [2.24, 2.45) is 11.8 Å². The molecule has 8 heteroatoms. The van der Waals surface area contributed by atoms with Gasteiger partial charge in [-0.15, -0.1) is 0 Å². The third kappa shape index (κ3) is 3.78. The van der Waals surface area contributed by atoms with Gasteiger partial charge >= 0.3 is 0 Å². The molecule has 2 fully saturated rings. The first-order valence-corrected chi connectivity index (χ1v) is 10.1. The van der Waals surface area contributed by atoms with Gasteiger partial charge in [-0.3, -0.25) is 9.59 Å². The Morgan fingerprint density at radius 2 is 1.96 bits per heavy atom. The van der Waals surface area contributed by atoms with Gasteiger partial charge in [0.05, 0.1) is 36.1 Å². The predicted octanol–water partition coefficient (Wildman–Crippen LogP) is 0.915. The minimum atomic E-state index is -3.04. The molecule has 1 saturated heterocycles. The zero-order valence-corrected chi connectivity index (χ0v) is 15.1. The normalized spacial score (nSPS) is 26.7. The molecule has 3 rings (SSSR count). The molecule has 136 valence electrons. The van der Waals surface area contributed by atoms with Crippen LogP contribution < -0.4 is 10.1 Å². The number of ether oxygens (including phenoxy) is 1. The van der Waals surface area contributed by atoms with Crippen LogP contribution in [-0.2, 0) is 19.4 Å². The van der Waals surface area contributed by atoms with Gasteiger partial charge in [0.15, 0.2) is 9.84 Å². The van der Waals surface area contributed by atoms with Crippen LogP contribution in [0.25, 0.3) is 0 Å². The summed E-state index contributed by atoms with van der Waals surface area (Å²) in [6, 6.07) is 6.81. The van der Waals surface area contributed by atoms with Gasteiger partial charge in [0, 0.05) is 13.1 Å². The van der Waals surface area contributed by atoms with Gasteiger partial charge in [-0.25, -0.2) is 8.42 Å². The van der Waals surface area contributed by atoms with E-state index in [4.69, 9.17) is 4.74 Å². The molecule has 0 aromatic heterocycles. The fourth-order valence-corrected chi connectivity index (χ4v) is 5.03. The van der Waals surface area contributed by atoms with Crippen molar-refractivity contribution >= 4 is 27.3 Å². The van der Waals surface area contributed by atoms with Crippen LogP contribution >= 0.6 is 0 Å². The molecule has 1 aliphatic heterocycles. The first kappa shape index (κ1) is 17.7. The van der Waals surface area contributed by atoms with Crippen molar-refractivity contribution in [1.29, 1.82) is 0 Å². The van der Waals surface area contributed by atoms with E-state index >= 15 is 0 Å². The molecule has 1 aromatic rings. The highest BCUT2D eigenvalue weighted by Crippen LogP contribution is 2.41. The quantitative estimate of drug-likeness (QED) is 0.836. The maximum Gasteiger partial charge on any atom is 0.228 e. The number of anilines is 1. The third-order valence-electron chi connectivity index (χ3n) is 4.91. The maximum atomic E-state index is 12.5. The van der Waals surface area contributed by atoms with Gasteiger partial charge in [0.25, 0.3) is 0 Å². The Hall–Kier alpha value is -2.09. The van der Waals surface area contributed by atoms with Gasteiger partial charge in [0.1, 0.15) is 5.75 Å². The minimum absolute atomic E-state index is 0.0139. The summed E-state index contributed by atoms with van der Waals surface area (Å²) in [5, 5.41) is 2.80. The van der Waals surface area contributed by atoms with Gasteiger partial charge < -0.3 is 15.0 Å². The van der Waals surface area contributed by atoms with E-state index in [9.17, 15) is 18.0 Å². The van der Waals surface area contributed by atoms with Crippen molar-refractivity contribution in [3.63, 3.8) is 0 Å². The molecule has 3 unspecified atom stereocenters. The molecular weight excluding hydrogens is 344 g/mol. The number of nitrogens with one attached hydrogen (secondary N) is 1. The van der Waals surface area contributed by atoms with E-state index in [1.807, 2.05) is 6.07 Å². The molecule has 1 saturated carbocycles. The number of benzene rings is 1. The van der Waals surface area contributed by atoms with Crippen LogP contribution in [0.15, 0.2) is 24.3 Å². The van der Waals surface area contributed by atoms with Gasteiger partial charge in [-0.05, 0) is 25.0 Å². The number of sulfone groups is 1. The summed E-state index contributed by atoms with van der Waals surface area (Å²) in [4.78, 5) is 26.4. The average Bonchev–Trinajstić information content (AvgIpc) is 3.31. The van der Waals surface area contributed by atoms with Crippen molar-refractivity contribution in [1.82, 2.24) is 4.90 Å². The second-order valence-electron chi connectivity index (χ2n) is 6.64. The average molecular weight is 366 g/mol. The number of nitrogens with zero attached hydrogens (tertiary/aromatic N) is 1. The Labute approximate surface area is 147 Å². The molecule has 1 aromatic carbocycles. The SMILES string of the molecule is COc1ccccc1NC(=O)C1CC1C(=O)N(C)C1CCS(=O)(=O)C1. The number of carbonyl (C=O) groups excluding carboxylic acids is 2. The smallest absolute Gasteiger partial charge is 0.228 e. The number of hydrogen-bond acceptors (Lipinski definition) is 5. The van der Waals surface area contributed by atoms with E-state index in [1.165, 1.54) is 12.0 Å². The largest absolute Gasteiger partial charge is 0.495 e. The van der Waals surface area contributed by atoms with E-state index < -0.39 is 9.84 Å². The minimum Gasteiger partial charge on any atom is -0.495 e. The summed E-state index contributed by atoms with van der Waals surface area (Å²) in [6.45, 7) is 0. The lowest BCUT2D eigenvalue weighted by atomic mass is 10.2. The summed E-state index contributed by atoms with van der Waals surface area (Å²) in [5.41, 5.74) is 0.573. The van der Waals surface area contributed by atoms with Crippen LogP contribution in [0.5, 0.6) is 5.75 Å². The Balaban J connectivity index is 1.58.